The van der Waals surface area contributed by atoms with E-state index in [1.54, 1.807) is 0 Å². The van der Waals surface area contributed by atoms with Crippen LogP contribution in [0.4, 0.5) is 0 Å². The monoisotopic (exact) mass is 446 g/mol. The Morgan fingerprint density at radius 1 is 1.29 bits per heavy atom. The van der Waals surface area contributed by atoms with Gasteiger partial charge in [-0.1, -0.05) is 18.2 Å². The molecule has 1 fully saturated rings. The van der Waals surface area contributed by atoms with Crippen molar-refractivity contribution in [3.05, 3.63) is 30.3 Å². The van der Waals surface area contributed by atoms with Crippen LogP contribution in [-0.4, -0.2) is 68.7 Å². The van der Waals surface area contributed by atoms with Crippen LogP contribution in [0, 0.1) is 0 Å². The number of benzene rings is 1. The summed E-state index contributed by atoms with van der Waals surface area (Å²) in [5.74, 6) is 1.82. The molecule has 136 valence electrons. The normalized spacial score (nSPS) is 15.6. The molecule has 0 bridgehead atoms. The van der Waals surface area contributed by atoms with E-state index in [1.165, 1.54) is 12.8 Å². The molecule has 2 rings (SSSR count). The molecule has 0 radical (unpaired) electrons. The fourth-order valence-corrected chi connectivity index (χ4v) is 2.53. The molecule has 24 heavy (non-hydrogen) atoms. The summed E-state index contributed by atoms with van der Waals surface area (Å²) in [6, 6.07) is 11.2. The molecule has 0 spiro atoms. The van der Waals surface area contributed by atoms with Crippen LogP contribution in [0.5, 0.6) is 5.75 Å². The SMILES string of the molecule is CN=C(NCC(C)N(C)C1CC1)N(C)CCOc1ccccc1.I. The van der Waals surface area contributed by atoms with Crippen molar-refractivity contribution in [2.45, 2.75) is 31.8 Å². The van der Waals surface area contributed by atoms with Crippen LogP contribution in [-0.2, 0) is 0 Å². The number of ether oxygens (including phenoxy) is 1. The molecular formula is C18H31IN4O. The van der Waals surface area contributed by atoms with E-state index in [0.717, 1.165) is 30.8 Å². The molecule has 1 saturated carbocycles. The summed E-state index contributed by atoms with van der Waals surface area (Å²) in [5.41, 5.74) is 0. The van der Waals surface area contributed by atoms with Crippen LogP contribution in [0.2, 0.25) is 0 Å². The first-order valence-corrected chi connectivity index (χ1v) is 8.43. The van der Waals surface area contributed by atoms with E-state index < -0.39 is 0 Å². The number of likely N-dealkylation sites (N-methyl/N-ethyl adjacent to an activating group) is 2. The maximum Gasteiger partial charge on any atom is 0.193 e. The first-order chi connectivity index (χ1) is 11.1. The quantitative estimate of drug-likeness (QED) is 0.379. The number of nitrogens with zero attached hydrogens (tertiary/aromatic N) is 3. The van der Waals surface area contributed by atoms with Crippen molar-refractivity contribution in [3.63, 3.8) is 0 Å². The Balaban J connectivity index is 0.00000288. The molecule has 1 N–H and O–H groups in total. The number of nitrogens with one attached hydrogen (secondary N) is 1. The van der Waals surface area contributed by atoms with E-state index in [-0.39, 0.29) is 24.0 Å². The summed E-state index contributed by atoms with van der Waals surface area (Å²) in [6.07, 6.45) is 2.68. The van der Waals surface area contributed by atoms with E-state index in [4.69, 9.17) is 4.74 Å². The summed E-state index contributed by atoms with van der Waals surface area (Å²) < 4.78 is 5.74. The predicted molar refractivity (Wildman–Crippen MR) is 112 cm³/mol. The third-order valence-electron chi connectivity index (χ3n) is 4.39. The zero-order valence-corrected chi connectivity index (χ0v) is 17.6. The number of hydrogen-bond acceptors (Lipinski definition) is 3. The lowest BCUT2D eigenvalue weighted by atomic mass is 10.3. The molecule has 0 aliphatic heterocycles. The molecule has 1 aromatic carbocycles. The Morgan fingerprint density at radius 3 is 2.54 bits per heavy atom. The van der Waals surface area contributed by atoms with Gasteiger partial charge in [-0.3, -0.25) is 9.89 Å². The molecular weight excluding hydrogens is 415 g/mol. The summed E-state index contributed by atoms with van der Waals surface area (Å²) in [5, 5.41) is 3.46. The average molecular weight is 446 g/mol. The lowest BCUT2D eigenvalue weighted by Gasteiger charge is -2.28. The summed E-state index contributed by atoms with van der Waals surface area (Å²) in [4.78, 5) is 8.92. The Kier molecular flexibility index (Phi) is 9.43. The highest BCUT2D eigenvalue weighted by Gasteiger charge is 2.29. The molecule has 0 heterocycles. The van der Waals surface area contributed by atoms with Crippen molar-refractivity contribution in [1.29, 1.82) is 0 Å². The fraction of sp³-hybridized carbons (Fsp3) is 0.611. The number of rotatable bonds is 8. The van der Waals surface area contributed by atoms with Crippen molar-refractivity contribution in [2.75, 3.05) is 40.8 Å². The van der Waals surface area contributed by atoms with Gasteiger partial charge in [0.2, 0.25) is 0 Å². The molecule has 0 saturated heterocycles. The van der Waals surface area contributed by atoms with Gasteiger partial charge in [0.15, 0.2) is 5.96 Å². The first-order valence-electron chi connectivity index (χ1n) is 8.43. The number of para-hydroxylation sites is 1. The molecule has 1 aliphatic rings. The van der Waals surface area contributed by atoms with Gasteiger partial charge in [0.25, 0.3) is 0 Å². The highest BCUT2D eigenvalue weighted by atomic mass is 127. The van der Waals surface area contributed by atoms with E-state index in [1.807, 2.05) is 44.4 Å². The number of halogens is 1. The lowest BCUT2D eigenvalue weighted by molar-refractivity contribution is 0.244. The molecule has 5 nitrogen and oxygen atoms in total. The van der Waals surface area contributed by atoms with E-state index >= 15 is 0 Å². The van der Waals surface area contributed by atoms with Crippen LogP contribution in [0.25, 0.3) is 0 Å². The van der Waals surface area contributed by atoms with Gasteiger partial charge in [0.05, 0.1) is 6.54 Å². The maximum absolute atomic E-state index is 5.74. The van der Waals surface area contributed by atoms with E-state index in [0.29, 0.717) is 12.6 Å². The standard InChI is InChI=1S/C18H30N4O.HI/c1-15(22(4)16-10-11-16)14-20-18(19-2)21(3)12-13-23-17-8-6-5-7-9-17;/h5-9,15-16H,10-14H2,1-4H3,(H,19,20);1H. The second kappa shape index (κ2) is 10.8. The topological polar surface area (TPSA) is 40.1 Å². The van der Waals surface area contributed by atoms with Gasteiger partial charge in [-0.2, -0.15) is 0 Å². The summed E-state index contributed by atoms with van der Waals surface area (Å²) in [6.45, 7) is 4.60. The third kappa shape index (κ3) is 6.84. The Bertz CT molecular complexity index is 493. The van der Waals surface area contributed by atoms with Crippen molar-refractivity contribution < 1.29 is 4.74 Å². The van der Waals surface area contributed by atoms with Crippen LogP contribution < -0.4 is 10.1 Å². The Morgan fingerprint density at radius 2 is 1.96 bits per heavy atom. The summed E-state index contributed by atoms with van der Waals surface area (Å²) >= 11 is 0. The second-order valence-corrected chi connectivity index (χ2v) is 6.26. The zero-order valence-electron chi connectivity index (χ0n) is 15.2. The van der Waals surface area contributed by atoms with Gasteiger partial charge in [0, 0.05) is 32.7 Å². The van der Waals surface area contributed by atoms with Crippen molar-refractivity contribution in [3.8, 4) is 5.75 Å². The van der Waals surface area contributed by atoms with Gasteiger partial charge in [-0.05, 0) is 38.9 Å². The fourth-order valence-electron chi connectivity index (χ4n) is 2.53. The van der Waals surface area contributed by atoms with Crippen LogP contribution in [0.15, 0.2) is 35.3 Å². The molecule has 0 amide bonds. The minimum atomic E-state index is 0. The van der Waals surface area contributed by atoms with Gasteiger partial charge < -0.3 is 15.0 Å². The predicted octanol–water partition coefficient (Wildman–Crippen LogP) is 2.67. The van der Waals surface area contributed by atoms with Gasteiger partial charge >= 0.3 is 0 Å². The number of guanidine groups is 1. The second-order valence-electron chi connectivity index (χ2n) is 6.26. The van der Waals surface area contributed by atoms with E-state index in [2.05, 4.69) is 34.1 Å². The minimum absolute atomic E-state index is 0. The van der Waals surface area contributed by atoms with Crippen LogP contribution in [0.1, 0.15) is 19.8 Å². The largest absolute Gasteiger partial charge is 0.492 e. The highest BCUT2D eigenvalue weighted by Crippen LogP contribution is 2.26. The molecule has 1 atom stereocenters. The van der Waals surface area contributed by atoms with Crippen molar-refractivity contribution in [1.82, 2.24) is 15.1 Å². The highest BCUT2D eigenvalue weighted by molar-refractivity contribution is 14.0. The third-order valence-corrected chi connectivity index (χ3v) is 4.39. The number of aliphatic imine (C=N–C) groups is 1. The van der Waals surface area contributed by atoms with E-state index in [9.17, 15) is 0 Å². The molecule has 6 heteroatoms. The van der Waals surface area contributed by atoms with Crippen molar-refractivity contribution in [2.24, 2.45) is 4.99 Å². The Hall–Kier alpha value is -1.02. The van der Waals surface area contributed by atoms with Crippen LogP contribution >= 0.6 is 24.0 Å². The van der Waals surface area contributed by atoms with Crippen molar-refractivity contribution >= 4 is 29.9 Å². The van der Waals surface area contributed by atoms with Gasteiger partial charge in [-0.25, -0.2) is 0 Å². The smallest absolute Gasteiger partial charge is 0.193 e. The van der Waals surface area contributed by atoms with Gasteiger partial charge in [0.1, 0.15) is 12.4 Å². The minimum Gasteiger partial charge on any atom is -0.492 e. The lowest BCUT2D eigenvalue weighted by Crippen LogP contribution is -2.46. The maximum atomic E-state index is 5.74. The average Bonchev–Trinajstić information content (AvgIpc) is 3.40. The number of hydrogen-bond donors (Lipinski definition) is 1. The zero-order chi connectivity index (χ0) is 16.7. The Labute approximate surface area is 163 Å². The molecule has 0 aromatic heterocycles. The first kappa shape index (κ1) is 21.0. The molecule has 1 unspecified atom stereocenters. The van der Waals surface area contributed by atoms with Crippen LogP contribution in [0.3, 0.4) is 0 Å². The molecule has 1 aromatic rings. The molecule has 1 aliphatic carbocycles. The van der Waals surface area contributed by atoms with Gasteiger partial charge in [-0.15, -0.1) is 24.0 Å². The summed E-state index contributed by atoms with van der Waals surface area (Å²) in [7, 11) is 6.08.